The predicted molar refractivity (Wildman–Crippen MR) is 69.0 cm³/mol. The molecule has 7 nitrogen and oxygen atoms in total. The molecule has 2 amide bonds. The number of aromatic nitrogens is 1. The summed E-state index contributed by atoms with van der Waals surface area (Å²) < 4.78 is 26.6. The average molecular weight is 298 g/mol. The first-order valence-corrected chi connectivity index (χ1v) is 7.80. The number of hydrogen-bond acceptors (Lipinski definition) is 6. The lowest BCUT2D eigenvalue weighted by atomic mass is 9.93. The molecule has 20 heavy (non-hydrogen) atoms. The SMILES string of the molecule is CS(=O)(=O)OCc1ccnc(C2CCC(=O)NC2=O)c1. The minimum Gasteiger partial charge on any atom is -0.296 e. The number of amides is 2. The molecule has 1 atom stereocenters. The molecule has 0 aromatic carbocycles. The fraction of sp³-hybridized carbons (Fsp3) is 0.417. The molecular weight excluding hydrogens is 284 g/mol. The Labute approximate surface area is 116 Å². The normalized spacial score (nSPS) is 19.8. The number of piperidine rings is 1. The van der Waals surface area contributed by atoms with E-state index in [2.05, 4.69) is 10.3 Å². The van der Waals surface area contributed by atoms with Crippen LogP contribution in [0.2, 0.25) is 0 Å². The van der Waals surface area contributed by atoms with Gasteiger partial charge < -0.3 is 0 Å². The van der Waals surface area contributed by atoms with Crippen LogP contribution in [0.4, 0.5) is 0 Å². The summed E-state index contributed by atoms with van der Waals surface area (Å²) in [5.41, 5.74) is 1.11. The third-order valence-electron chi connectivity index (χ3n) is 2.88. The number of pyridine rings is 1. The van der Waals surface area contributed by atoms with Crippen LogP contribution in [0.5, 0.6) is 0 Å². The first-order chi connectivity index (χ1) is 9.35. The molecule has 0 spiro atoms. The maximum atomic E-state index is 11.7. The molecule has 1 N–H and O–H groups in total. The van der Waals surface area contributed by atoms with Gasteiger partial charge in [0.1, 0.15) is 0 Å². The average Bonchev–Trinajstić information content (AvgIpc) is 2.36. The lowest BCUT2D eigenvalue weighted by Crippen LogP contribution is -2.39. The van der Waals surface area contributed by atoms with Crippen LogP contribution in [0.15, 0.2) is 18.3 Å². The lowest BCUT2D eigenvalue weighted by Gasteiger charge is -2.20. The molecule has 1 saturated heterocycles. The summed E-state index contributed by atoms with van der Waals surface area (Å²) in [6.07, 6.45) is 3.12. The standard InChI is InChI=1S/C12H14N2O5S/c1-20(17,18)19-7-8-4-5-13-10(6-8)9-2-3-11(15)14-12(9)16/h4-6,9H,2-3,7H2,1H3,(H,14,15,16). The molecule has 0 aliphatic carbocycles. The van der Waals surface area contributed by atoms with E-state index in [1.807, 2.05) is 0 Å². The second-order valence-electron chi connectivity index (χ2n) is 4.56. The molecule has 0 radical (unpaired) electrons. The van der Waals surface area contributed by atoms with Gasteiger partial charge in [-0.2, -0.15) is 8.42 Å². The third-order valence-corrected chi connectivity index (χ3v) is 3.43. The Morgan fingerprint density at radius 2 is 2.20 bits per heavy atom. The molecule has 2 rings (SSSR count). The topological polar surface area (TPSA) is 102 Å². The largest absolute Gasteiger partial charge is 0.296 e. The monoisotopic (exact) mass is 298 g/mol. The Morgan fingerprint density at radius 1 is 1.45 bits per heavy atom. The maximum absolute atomic E-state index is 11.7. The van der Waals surface area contributed by atoms with E-state index >= 15 is 0 Å². The summed E-state index contributed by atoms with van der Waals surface area (Å²) in [6.45, 7) is -0.110. The lowest BCUT2D eigenvalue weighted by molar-refractivity contribution is -0.134. The first kappa shape index (κ1) is 14.6. The van der Waals surface area contributed by atoms with E-state index in [4.69, 9.17) is 4.18 Å². The van der Waals surface area contributed by atoms with Crippen molar-refractivity contribution in [2.45, 2.75) is 25.4 Å². The van der Waals surface area contributed by atoms with Gasteiger partial charge in [0, 0.05) is 12.6 Å². The molecule has 8 heteroatoms. The molecule has 1 fully saturated rings. The van der Waals surface area contributed by atoms with E-state index in [0.29, 0.717) is 17.7 Å². The van der Waals surface area contributed by atoms with Crippen LogP contribution in [0.3, 0.4) is 0 Å². The van der Waals surface area contributed by atoms with Gasteiger partial charge in [-0.1, -0.05) is 0 Å². The van der Waals surface area contributed by atoms with Crippen molar-refractivity contribution in [3.63, 3.8) is 0 Å². The second kappa shape index (κ2) is 5.68. The van der Waals surface area contributed by atoms with Crippen molar-refractivity contribution in [1.29, 1.82) is 0 Å². The fourth-order valence-electron chi connectivity index (χ4n) is 1.93. The van der Waals surface area contributed by atoms with Gasteiger partial charge in [-0.3, -0.25) is 24.1 Å². The van der Waals surface area contributed by atoms with Crippen LogP contribution >= 0.6 is 0 Å². The highest BCUT2D eigenvalue weighted by molar-refractivity contribution is 7.85. The predicted octanol–water partition coefficient (Wildman–Crippen LogP) is 0.0780. The van der Waals surface area contributed by atoms with Crippen molar-refractivity contribution in [1.82, 2.24) is 10.3 Å². The van der Waals surface area contributed by atoms with Crippen molar-refractivity contribution in [2.24, 2.45) is 0 Å². The Morgan fingerprint density at radius 3 is 2.85 bits per heavy atom. The van der Waals surface area contributed by atoms with Crippen molar-refractivity contribution in [3.05, 3.63) is 29.6 Å². The maximum Gasteiger partial charge on any atom is 0.264 e. The van der Waals surface area contributed by atoms with Gasteiger partial charge >= 0.3 is 0 Å². The van der Waals surface area contributed by atoms with Gasteiger partial charge in [0.2, 0.25) is 11.8 Å². The molecule has 1 unspecified atom stereocenters. The molecule has 2 heterocycles. The van der Waals surface area contributed by atoms with E-state index in [1.54, 1.807) is 12.1 Å². The first-order valence-electron chi connectivity index (χ1n) is 5.98. The van der Waals surface area contributed by atoms with E-state index < -0.39 is 16.0 Å². The highest BCUT2D eigenvalue weighted by Crippen LogP contribution is 2.23. The smallest absolute Gasteiger partial charge is 0.264 e. The molecule has 1 aromatic heterocycles. The number of carbonyl (C=O) groups excluding carboxylic acids is 2. The van der Waals surface area contributed by atoms with Crippen molar-refractivity contribution in [3.8, 4) is 0 Å². The Hall–Kier alpha value is -1.80. The van der Waals surface area contributed by atoms with Gasteiger partial charge in [0.15, 0.2) is 0 Å². The molecule has 1 aliphatic heterocycles. The van der Waals surface area contributed by atoms with E-state index in [-0.39, 0.29) is 24.8 Å². The molecule has 0 bridgehead atoms. The fourth-order valence-corrected chi connectivity index (χ4v) is 2.28. The minimum absolute atomic E-state index is 0.110. The molecule has 108 valence electrons. The number of rotatable bonds is 4. The van der Waals surface area contributed by atoms with E-state index in [1.165, 1.54) is 6.20 Å². The zero-order valence-corrected chi connectivity index (χ0v) is 11.6. The van der Waals surface area contributed by atoms with Crippen LogP contribution in [0.1, 0.15) is 30.0 Å². The third kappa shape index (κ3) is 3.84. The number of carbonyl (C=O) groups is 2. The van der Waals surface area contributed by atoms with Crippen LogP contribution in [-0.2, 0) is 30.5 Å². The Balaban J connectivity index is 2.13. The summed E-state index contributed by atoms with van der Waals surface area (Å²) in [5.74, 6) is -1.16. The van der Waals surface area contributed by atoms with Gasteiger partial charge in [0.25, 0.3) is 10.1 Å². The highest BCUT2D eigenvalue weighted by Gasteiger charge is 2.29. The molecule has 1 aliphatic rings. The van der Waals surface area contributed by atoms with Gasteiger partial charge in [-0.25, -0.2) is 0 Å². The molecular formula is C12H14N2O5S. The molecule has 1 aromatic rings. The van der Waals surface area contributed by atoms with Crippen molar-refractivity contribution < 1.29 is 22.2 Å². The van der Waals surface area contributed by atoms with Gasteiger partial charge in [0.05, 0.1) is 24.5 Å². The number of imide groups is 1. The number of nitrogens with one attached hydrogen (secondary N) is 1. The van der Waals surface area contributed by atoms with E-state index in [0.717, 1.165) is 6.26 Å². The summed E-state index contributed by atoms with van der Waals surface area (Å²) >= 11 is 0. The van der Waals surface area contributed by atoms with Crippen molar-refractivity contribution >= 4 is 21.9 Å². The van der Waals surface area contributed by atoms with Crippen LogP contribution in [-0.4, -0.2) is 31.5 Å². The zero-order chi connectivity index (χ0) is 14.8. The molecule has 0 saturated carbocycles. The van der Waals surface area contributed by atoms with Crippen LogP contribution in [0, 0.1) is 0 Å². The van der Waals surface area contributed by atoms with Crippen LogP contribution in [0.25, 0.3) is 0 Å². The zero-order valence-electron chi connectivity index (χ0n) is 10.8. The van der Waals surface area contributed by atoms with Gasteiger partial charge in [-0.05, 0) is 24.1 Å². The summed E-state index contributed by atoms with van der Waals surface area (Å²) in [5, 5.41) is 2.26. The highest BCUT2D eigenvalue weighted by atomic mass is 32.2. The van der Waals surface area contributed by atoms with Crippen molar-refractivity contribution in [2.75, 3.05) is 6.26 Å². The quantitative estimate of drug-likeness (QED) is 0.623. The van der Waals surface area contributed by atoms with E-state index in [9.17, 15) is 18.0 Å². The Kier molecular flexibility index (Phi) is 4.15. The summed E-state index contributed by atoms with van der Waals surface area (Å²) in [4.78, 5) is 26.9. The van der Waals surface area contributed by atoms with Gasteiger partial charge in [-0.15, -0.1) is 0 Å². The second-order valence-corrected chi connectivity index (χ2v) is 6.20. The minimum atomic E-state index is -3.52. The van der Waals surface area contributed by atoms with Crippen LogP contribution < -0.4 is 5.32 Å². The number of hydrogen-bond donors (Lipinski definition) is 1. The number of nitrogens with zero attached hydrogens (tertiary/aromatic N) is 1. The summed E-state index contributed by atoms with van der Waals surface area (Å²) in [7, 11) is -3.52. The Bertz CT molecular complexity index is 641. The summed E-state index contributed by atoms with van der Waals surface area (Å²) in [6, 6.07) is 3.23.